The molecule has 184 valence electrons. The Morgan fingerprint density at radius 1 is 1.06 bits per heavy atom. The lowest BCUT2D eigenvalue weighted by Gasteiger charge is -2.34. The van der Waals surface area contributed by atoms with Gasteiger partial charge >= 0.3 is 0 Å². The van der Waals surface area contributed by atoms with Crippen molar-refractivity contribution in [3.05, 3.63) is 58.4 Å². The van der Waals surface area contributed by atoms with Crippen LogP contribution in [0.2, 0.25) is 0 Å². The van der Waals surface area contributed by atoms with Crippen LogP contribution in [0.5, 0.6) is 5.75 Å². The van der Waals surface area contributed by atoms with Gasteiger partial charge in [0.25, 0.3) is 0 Å². The van der Waals surface area contributed by atoms with Crippen LogP contribution in [0.4, 0.5) is 5.69 Å². The SMILES string of the molecule is COc1ccc(S(=O)(=O)N2CCN(CC(=O)N3CCc4cc(-c5csc(C)n5)ccc43)CC2)cc1. The van der Waals surface area contributed by atoms with Gasteiger partial charge in [0.1, 0.15) is 5.75 Å². The molecule has 1 fully saturated rings. The molecular weight excluding hydrogens is 484 g/mol. The quantitative estimate of drug-likeness (QED) is 0.505. The summed E-state index contributed by atoms with van der Waals surface area (Å²) in [6, 6.07) is 12.6. The van der Waals surface area contributed by atoms with Crippen molar-refractivity contribution in [1.29, 1.82) is 0 Å². The topological polar surface area (TPSA) is 83.1 Å². The van der Waals surface area contributed by atoms with Gasteiger partial charge in [0, 0.05) is 49.4 Å². The number of nitrogens with zero attached hydrogens (tertiary/aromatic N) is 4. The highest BCUT2D eigenvalue weighted by atomic mass is 32.2. The van der Waals surface area contributed by atoms with Crippen LogP contribution in [-0.4, -0.2) is 74.9 Å². The Morgan fingerprint density at radius 3 is 2.46 bits per heavy atom. The molecule has 2 aromatic carbocycles. The van der Waals surface area contributed by atoms with Gasteiger partial charge < -0.3 is 9.64 Å². The zero-order valence-electron chi connectivity index (χ0n) is 19.8. The number of amides is 1. The molecule has 0 spiro atoms. The van der Waals surface area contributed by atoms with Crippen molar-refractivity contribution < 1.29 is 17.9 Å². The van der Waals surface area contributed by atoms with Gasteiger partial charge in [-0.25, -0.2) is 13.4 Å². The summed E-state index contributed by atoms with van der Waals surface area (Å²) in [5.74, 6) is 0.665. The molecule has 2 aliphatic rings. The van der Waals surface area contributed by atoms with Gasteiger partial charge in [-0.3, -0.25) is 9.69 Å². The molecule has 1 saturated heterocycles. The Labute approximate surface area is 209 Å². The van der Waals surface area contributed by atoms with Gasteiger partial charge in [0.05, 0.1) is 29.3 Å². The minimum Gasteiger partial charge on any atom is -0.497 e. The number of carbonyl (C=O) groups is 1. The van der Waals surface area contributed by atoms with Crippen molar-refractivity contribution in [1.82, 2.24) is 14.2 Å². The summed E-state index contributed by atoms with van der Waals surface area (Å²) in [6.45, 7) is 4.69. The number of methoxy groups -OCH3 is 1. The first-order valence-electron chi connectivity index (χ1n) is 11.6. The first kappa shape index (κ1) is 23.9. The Morgan fingerprint density at radius 2 is 1.80 bits per heavy atom. The maximum absolute atomic E-state index is 13.1. The van der Waals surface area contributed by atoms with Crippen LogP contribution in [0.3, 0.4) is 0 Å². The number of benzene rings is 2. The average Bonchev–Trinajstić information content (AvgIpc) is 3.50. The first-order chi connectivity index (χ1) is 16.8. The number of thiazole rings is 1. The van der Waals surface area contributed by atoms with Crippen LogP contribution in [0.1, 0.15) is 10.6 Å². The first-order valence-corrected chi connectivity index (χ1v) is 13.9. The van der Waals surface area contributed by atoms with Gasteiger partial charge in [-0.15, -0.1) is 11.3 Å². The largest absolute Gasteiger partial charge is 0.497 e. The molecule has 0 bridgehead atoms. The molecule has 5 rings (SSSR count). The summed E-state index contributed by atoms with van der Waals surface area (Å²) < 4.78 is 32.6. The van der Waals surface area contributed by atoms with Crippen molar-refractivity contribution in [3.8, 4) is 17.0 Å². The molecule has 3 heterocycles. The Bertz CT molecular complexity index is 1330. The summed E-state index contributed by atoms with van der Waals surface area (Å²) in [5.41, 5.74) is 4.18. The summed E-state index contributed by atoms with van der Waals surface area (Å²) in [5, 5.41) is 3.10. The number of hydrogen-bond donors (Lipinski definition) is 0. The van der Waals surface area contributed by atoms with Crippen molar-refractivity contribution >= 4 is 33.0 Å². The molecule has 8 nitrogen and oxygen atoms in total. The van der Waals surface area contributed by atoms with Crippen LogP contribution >= 0.6 is 11.3 Å². The minimum atomic E-state index is -3.57. The summed E-state index contributed by atoms with van der Waals surface area (Å²) in [7, 11) is -2.02. The van der Waals surface area contributed by atoms with E-state index in [1.54, 1.807) is 42.7 Å². The molecule has 0 unspecified atom stereocenters. The van der Waals surface area contributed by atoms with E-state index in [4.69, 9.17) is 4.74 Å². The third kappa shape index (κ3) is 4.84. The minimum absolute atomic E-state index is 0.0486. The third-order valence-corrected chi connectivity index (χ3v) is 9.26. The fourth-order valence-electron chi connectivity index (χ4n) is 4.62. The highest BCUT2D eigenvalue weighted by Gasteiger charge is 2.31. The predicted octanol–water partition coefficient (Wildman–Crippen LogP) is 3.02. The summed E-state index contributed by atoms with van der Waals surface area (Å²) in [4.78, 5) is 21.8. The predicted molar refractivity (Wildman–Crippen MR) is 137 cm³/mol. The van der Waals surface area contributed by atoms with Gasteiger partial charge in [-0.1, -0.05) is 6.07 Å². The molecule has 0 radical (unpaired) electrons. The standard InChI is InChI=1S/C25H28N4O4S2/c1-18-26-23(17-34-18)19-3-8-24-20(15-19)9-10-29(24)25(30)16-27-11-13-28(14-12-27)35(31,32)22-6-4-21(33-2)5-7-22/h3-8,15,17H,9-14,16H2,1-2H3. The smallest absolute Gasteiger partial charge is 0.243 e. The fraction of sp³-hybridized carbons (Fsp3) is 0.360. The third-order valence-electron chi connectivity index (χ3n) is 6.58. The summed E-state index contributed by atoms with van der Waals surface area (Å²) >= 11 is 1.63. The van der Waals surface area contributed by atoms with E-state index in [1.165, 1.54) is 4.31 Å². The van der Waals surface area contributed by atoms with Crippen molar-refractivity contribution in [2.75, 3.05) is 51.3 Å². The highest BCUT2D eigenvalue weighted by Crippen LogP contribution is 2.33. The molecule has 1 amide bonds. The van der Waals surface area contributed by atoms with E-state index in [9.17, 15) is 13.2 Å². The Kier molecular flexibility index (Phi) is 6.63. The Hall–Kier alpha value is -2.79. The lowest BCUT2D eigenvalue weighted by Crippen LogP contribution is -2.51. The molecule has 35 heavy (non-hydrogen) atoms. The van der Waals surface area contributed by atoms with Gasteiger partial charge in [-0.2, -0.15) is 4.31 Å². The molecular formula is C25H28N4O4S2. The lowest BCUT2D eigenvalue weighted by molar-refractivity contribution is -0.119. The van der Waals surface area contributed by atoms with Crippen molar-refractivity contribution in [2.45, 2.75) is 18.2 Å². The number of anilines is 1. The average molecular weight is 513 g/mol. The lowest BCUT2D eigenvalue weighted by atomic mass is 10.1. The van der Waals surface area contributed by atoms with E-state index in [0.29, 0.717) is 38.5 Å². The number of sulfonamides is 1. The number of ether oxygens (including phenoxy) is 1. The van der Waals surface area contributed by atoms with Crippen LogP contribution in [0.15, 0.2) is 52.7 Å². The normalized spacial score (nSPS) is 16.9. The maximum Gasteiger partial charge on any atom is 0.243 e. The molecule has 0 saturated carbocycles. The van der Waals surface area contributed by atoms with E-state index in [0.717, 1.165) is 33.9 Å². The zero-order valence-corrected chi connectivity index (χ0v) is 21.4. The van der Waals surface area contributed by atoms with E-state index < -0.39 is 10.0 Å². The van der Waals surface area contributed by atoms with Gasteiger partial charge in [0.2, 0.25) is 15.9 Å². The van der Waals surface area contributed by atoms with E-state index in [-0.39, 0.29) is 17.3 Å². The number of piperazine rings is 1. The van der Waals surface area contributed by atoms with Crippen LogP contribution in [-0.2, 0) is 21.2 Å². The molecule has 3 aromatic rings. The second-order valence-electron chi connectivity index (χ2n) is 8.75. The fourth-order valence-corrected chi connectivity index (χ4v) is 6.66. The maximum atomic E-state index is 13.1. The monoisotopic (exact) mass is 512 g/mol. The van der Waals surface area contributed by atoms with Crippen molar-refractivity contribution in [2.24, 2.45) is 0 Å². The Balaban J connectivity index is 1.19. The number of carbonyl (C=O) groups excluding carboxylic acids is 1. The molecule has 0 atom stereocenters. The zero-order chi connectivity index (χ0) is 24.6. The van der Waals surface area contributed by atoms with Crippen LogP contribution in [0.25, 0.3) is 11.3 Å². The molecule has 0 N–H and O–H groups in total. The molecule has 1 aromatic heterocycles. The number of rotatable bonds is 6. The van der Waals surface area contributed by atoms with Crippen LogP contribution < -0.4 is 9.64 Å². The van der Waals surface area contributed by atoms with Crippen LogP contribution in [0, 0.1) is 6.92 Å². The second kappa shape index (κ2) is 9.69. The highest BCUT2D eigenvalue weighted by molar-refractivity contribution is 7.89. The number of aryl methyl sites for hydroxylation is 1. The van der Waals surface area contributed by atoms with Gasteiger partial charge in [-0.05, 0) is 55.3 Å². The van der Waals surface area contributed by atoms with Crippen molar-refractivity contribution in [3.63, 3.8) is 0 Å². The van der Waals surface area contributed by atoms with E-state index >= 15 is 0 Å². The van der Waals surface area contributed by atoms with E-state index in [1.807, 2.05) is 28.9 Å². The summed E-state index contributed by atoms with van der Waals surface area (Å²) in [6.07, 6.45) is 0.825. The number of hydrogen-bond acceptors (Lipinski definition) is 7. The van der Waals surface area contributed by atoms with E-state index in [2.05, 4.69) is 16.4 Å². The number of fused-ring (bicyclic) bond motifs is 1. The number of aromatic nitrogens is 1. The van der Waals surface area contributed by atoms with Gasteiger partial charge in [0.15, 0.2) is 0 Å². The molecule has 0 aliphatic carbocycles. The molecule has 2 aliphatic heterocycles. The second-order valence-corrected chi connectivity index (χ2v) is 11.7. The molecule has 10 heteroatoms.